The number of hydrogen-bond acceptors (Lipinski definition) is 2. The summed E-state index contributed by atoms with van der Waals surface area (Å²) in [5.41, 5.74) is 0.677. The Morgan fingerprint density at radius 2 is 2.21 bits per heavy atom. The molecule has 4 heteroatoms. The highest BCUT2D eigenvalue weighted by Gasteiger charge is 2.13. The predicted molar refractivity (Wildman–Crippen MR) is 56.2 cm³/mol. The molecule has 0 spiro atoms. The molecule has 1 atom stereocenters. The number of methoxy groups -OCH3 is 1. The molecule has 14 heavy (non-hydrogen) atoms. The summed E-state index contributed by atoms with van der Waals surface area (Å²) < 4.78 is 18.7. The normalized spacial score (nSPS) is 12.6. The molecule has 0 amide bonds. The molecule has 0 aliphatic carbocycles. The van der Waals surface area contributed by atoms with Crippen molar-refractivity contribution in [2.45, 2.75) is 12.8 Å². The quantitative estimate of drug-likeness (QED) is 0.908. The fourth-order valence-corrected chi connectivity index (χ4v) is 1.53. The van der Waals surface area contributed by atoms with Crippen molar-refractivity contribution in [1.29, 1.82) is 0 Å². The van der Waals surface area contributed by atoms with E-state index < -0.39 is 0 Å². The van der Waals surface area contributed by atoms with Crippen LogP contribution in [0.2, 0.25) is 0 Å². The Morgan fingerprint density at radius 3 is 2.71 bits per heavy atom. The van der Waals surface area contributed by atoms with Crippen LogP contribution in [0, 0.1) is 5.82 Å². The van der Waals surface area contributed by atoms with Gasteiger partial charge in [0.25, 0.3) is 0 Å². The smallest absolute Gasteiger partial charge is 0.137 e. The van der Waals surface area contributed by atoms with Gasteiger partial charge in [0.1, 0.15) is 11.6 Å². The first-order chi connectivity index (χ1) is 6.60. The first-order valence-electron chi connectivity index (χ1n) is 4.24. The Labute approximate surface area is 90.8 Å². The zero-order chi connectivity index (χ0) is 10.7. The third-order valence-corrected chi connectivity index (χ3v) is 2.69. The van der Waals surface area contributed by atoms with Gasteiger partial charge < -0.3 is 9.84 Å². The maximum absolute atomic E-state index is 13.2. The molecule has 1 aromatic rings. The van der Waals surface area contributed by atoms with Crippen molar-refractivity contribution in [1.82, 2.24) is 0 Å². The Kier molecular flexibility index (Phi) is 3.89. The van der Waals surface area contributed by atoms with E-state index in [-0.39, 0.29) is 18.3 Å². The Hall–Kier alpha value is -0.610. The van der Waals surface area contributed by atoms with Crippen LogP contribution < -0.4 is 4.74 Å². The molecular formula is C10H12BrFO2. The maximum atomic E-state index is 13.2. The summed E-state index contributed by atoms with van der Waals surface area (Å²) >= 11 is 3.07. The maximum Gasteiger partial charge on any atom is 0.137 e. The summed E-state index contributed by atoms with van der Waals surface area (Å²) in [6.45, 7) is 1.78. The average Bonchev–Trinajstić information content (AvgIpc) is 2.20. The lowest BCUT2D eigenvalue weighted by molar-refractivity contribution is 0.269. The zero-order valence-corrected chi connectivity index (χ0v) is 9.64. The summed E-state index contributed by atoms with van der Waals surface area (Å²) in [6.07, 6.45) is 0. The lowest BCUT2D eigenvalue weighted by Crippen LogP contribution is -2.02. The summed E-state index contributed by atoms with van der Waals surface area (Å²) in [5.74, 6) is 0.105. The van der Waals surface area contributed by atoms with Crippen molar-refractivity contribution >= 4 is 15.9 Å². The first kappa shape index (κ1) is 11.5. The van der Waals surface area contributed by atoms with E-state index in [4.69, 9.17) is 9.84 Å². The molecule has 1 N–H and O–H groups in total. The predicted octanol–water partition coefficient (Wildman–Crippen LogP) is 2.69. The number of benzene rings is 1. The van der Waals surface area contributed by atoms with Crippen LogP contribution in [0.1, 0.15) is 18.4 Å². The highest BCUT2D eigenvalue weighted by molar-refractivity contribution is 9.10. The first-order valence-corrected chi connectivity index (χ1v) is 5.03. The van der Waals surface area contributed by atoms with Crippen LogP contribution in [0.3, 0.4) is 0 Å². The minimum atomic E-state index is -0.346. The Balaban J connectivity index is 3.19. The SMILES string of the molecule is COc1cc(Br)c(F)cc1C(C)CO. The van der Waals surface area contributed by atoms with Gasteiger partial charge >= 0.3 is 0 Å². The monoisotopic (exact) mass is 262 g/mol. The van der Waals surface area contributed by atoms with Gasteiger partial charge in [-0.1, -0.05) is 6.92 Å². The van der Waals surface area contributed by atoms with Gasteiger partial charge in [-0.05, 0) is 28.1 Å². The molecule has 0 aliphatic heterocycles. The van der Waals surface area contributed by atoms with Crippen LogP contribution in [0.15, 0.2) is 16.6 Å². The average molecular weight is 263 g/mol. The van der Waals surface area contributed by atoms with E-state index in [1.54, 1.807) is 6.07 Å². The lowest BCUT2D eigenvalue weighted by Gasteiger charge is -2.14. The topological polar surface area (TPSA) is 29.5 Å². The third kappa shape index (κ3) is 2.25. The molecular weight excluding hydrogens is 251 g/mol. The number of halogens is 2. The number of rotatable bonds is 3. The van der Waals surface area contributed by atoms with Gasteiger partial charge in [0, 0.05) is 18.1 Å². The molecule has 0 bridgehead atoms. The number of aliphatic hydroxyl groups excluding tert-OH is 1. The van der Waals surface area contributed by atoms with Crippen LogP contribution in [-0.2, 0) is 0 Å². The van der Waals surface area contributed by atoms with Crippen molar-refractivity contribution in [3.63, 3.8) is 0 Å². The fourth-order valence-electron chi connectivity index (χ4n) is 1.20. The fraction of sp³-hybridized carbons (Fsp3) is 0.400. The Bertz CT molecular complexity index is 328. The van der Waals surface area contributed by atoms with Gasteiger partial charge in [0.15, 0.2) is 0 Å². The van der Waals surface area contributed by atoms with E-state index in [0.29, 0.717) is 15.8 Å². The second-order valence-corrected chi connectivity index (χ2v) is 3.95. The molecule has 0 saturated carbocycles. The van der Waals surface area contributed by atoms with Crippen LogP contribution in [0.25, 0.3) is 0 Å². The summed E-state index contributed by atoms with van der Waals surface area (Å²) in [5, 5.41) is 8.98. The largest absolute Gasteiger partial charge is 0.496 e. The van der Waals surface area contributed by atoms with Gasteiger partial charge in [-0.15, -0.1) is 0 Å². The molecule has 1 rings (SSSR count). The molecule has 0 aromatic heterocycles. The molecule has 2 nitrogen and oxygen atoms in total. The number of aliphatic hydroxyl groups is 1. The minimum Gasteiger partial charge on any atom is -0.496 e. The summed E-state index contributed by atoms with van der Waals surface area (Å²) in [4.78, 5) is 0. The van der Waals surface area contributed by atoms with Gasteiger partial charge in [-0.2, -0.15) is 0 Å². The van der Waals surface area contributed by atoms with Gasteiger partial charge in [-0.3, -0.25) is 0 Å². The lowest BCUT2D eigenvalue weighted by atomic mass is 10.0. The molecule has 1 unspecified atom stereocenters. The van der Waals surface area contributed by atoms with Crippen molar-refractivity contribution < 1.29 is 14.2 Å². The van der Waals surface area contributed by atoms with Crippen molar-refractivity contribution in [3.05, 3.63) is 28.0 Å². The Morgan fingerprint density at radius 1 is 1.57 bits per heavy atom. The number of ether oxygens (including phenoxy) is 1. The highest BCUT2D eigenvalue weighted by atomic mass is 79.9. The molecule has 1 aromatic carbocycles. The highest BCUT2D eigenvalue weighted by Crippen LogP contribution is 2.31. The van der Waals surface area contributed by atoms with Crippen LogP contribution in [0.5, 0.6) is 5.75 Å². The third-order valence-electron chi connectivity index (χ3n) is 2.08. The standard InChI is InChI=1S/C10H12BrFO2/c1-6(5-13)7-3-9(12)8(11)4-10(7)14-2/h3-4,6,13H,5H2,1-2H3. The summed E-state index contributed by atoms with van der Waals surface area (Å²) in [6, 6.07) is 2.95. The summed E-state index contributed by atoms with van der Waals surface area (Å²) in [7, 11) is 1.52. The molecule has 0 fully saturated rings. The molecule has 78 valence electrons. The van der Waals surface area contributed by atoms with E-state index >= 15 is 0 Å². The van der Waals surface area contributed by atoms with E-state index in [2.05, 4.69) is 15.9 Å². The van der Waals surface area contributed by atoms with Gasteiger partial charge in [0.05, 0.1) is 11.6 Å². The molecule has 0 saturated heterocycles. The van der Waals surface area contributed by atoms with Crippen molar-refractivity contribution in [2.75, 3.05) is 13.7 Å². The van der Waals surface area contributed by atoms with Crippen molar-refractivity contribution in [3.8, 4) is 5.75 Å². The van der Waals surface area contributed by atoms with Gasteiger partial charge in [-0.25, -0.2) is 4.39 Å². The second kappa shape index (κ2) is 4.75. The number of hydrogen-bond donors (Lipinski definition) is 1. The second-order valence-electron chi connectivity index (χ2n) is 3.09. The molecule has 0 heterocycles. The minimum absolute atomic E-state index is 0.0303. The van der Waals surface area contributed by atoms with E-state index in [1.165, 1.54) is 13.2 Å². The zero-order valence-electron chi connectivity index (χ0n) is 8.05. The van der Waals surface area contributed by atoms with Crippen LogP contribution in [0.4, 0.5) is 4.39 Å². The van der Waals surface area contributed by atoms with Gasteiger partial charge in [0.2, 0.25) is 0 Å². The van der Waals surface area contributed by atoms with Crippen LogP contribution in [-0.4, -0.2) is 18.8 Å². The van der Waals surface area contributed by atoms with E-state index in [9.17, 15) is 4.39 Å². The molecule has 0 radical (unpaired) electrons. The van der Waals surface area contributed by atoms with E-state index in [1.807, 2.05) is 6.92 Å². The van der Waals surface area contributed by atoms with Crippen LogP contribution >= 0.6 is 15.9 Å². The molecule has 0 aliphatic rings. The van der Waals surface area contributed by atoms with Crippen molar-refractivity contribution in [2.24, 2.45) is 0 Å². The van der Waals surface area contributed by atoms with E-state index in [0.717, 1.165) is 0 Å².